The standard InChI is InChI=1S/C12H18O/c1-5-13-8-12-6-9(2)11(4)10(3)7-12/h6-7H,5,8H2,1-4H3. The van der Waals surface area contributed by atoms with Gasteiger partial charge in [-0.15, -0.1) is 0 Å². The molecule has 0 amide bonds. The maximum atomic E-state index is 5.37. The molecule has 13 heavy (non-hydrogen) atoms. The molecule has 0 aliphatic rings. The van der Waals surface area contributed by atoms with Crippen LogP contribution in [0.3, 0.4) is 0 Å². The first-order valence-electron chi connectivity index (χ1n) is 4.79. The smallest absolute Gasteiger partial charge is 0.0716 e. The molecule has 0 aromatic heterocycles. The van der Waals surface area contributed by atoms with Gasteiger partial charge in [-0.3, -0.25) is 0 Å². The lowest BCUT2D eigenvalue weighted by Gasteiger charge is -2.08. The molecule has 0 saturated heterocycles. The number of benzene rings is 1. The zero-order valence-corrected chi connectivity index (χ0v) is 8.98. The minimum absolute atomic E-state index is 0.735. The number of hydrogen-bond donors (Lipinski definition) is 0. The molecule has 0 N–H and O–H groups in total. The van der Waals surface area contributed by atoms with Crippen molar-refractivity contribution in [3.8, 4) is 0 Å². The van der Waals surface area contributed by atoms with Crippen molar-refractivity contribution in [1.82, 2.24) is 0 Å². The second kappa shape index (κ2) is 4.43. The summed E-state index contributed by atoms with van der Waals surface area (Å²) in [4.78, 5) is 0. The summed E-state index contributed by atoms with van der Waals surface area (Å²) in [5, 5.41) is 0. The van der Waals surface area contributed by atoms with E-state index in [1.165, 1.54) is 22.3 Å². The Morgan fingerprint density at radius 2 is 1.62 bits per heavy atom. The summed E-state index contributed by atoms with van der Waals surface area (Å²) < 4.78 is 5.37. The highest BCUT2D eigenvalue weighted by Gasteiger charge is 2.00. The molecule has 0 radical (unpaired) electrons. The van der Waals surface area contributed by atoms with Gasteiger partial charge >= 0.3 is 0 Å². The first kappa shape index (κ1) is 10.3. The summed E-state index contributed by atoms with van der Waals surface area (Å²) >= 11 is 0. The van der Waals surface area contributed by atoms with Crippen LogP contribution in [-0.4, -0.2) is 6.61 Å². The third kappa shape index (κ3) is 2.56. The Bertz CT molecular complexity index is 266. The van der Waals surface area contributed by atoms with Crippen molar-refractivity contribution in [2.45, 2.75) is 34.3 Å². The highest BCUT2D eigenvalue weighted by atomic mass is 16.5. The topological polar surface area (TPSA) is 9.23 Å². The lowest BCUT2D eigenvalue weighted by molar-refractivity contribution is 0.134. The Hall–Kier alpha value is -0.820. The van der Waals surface area contributed by atoms with E-state index < -0.39 is 0 Å². The number of aryl methyl sites for hydroxylation is 2. The van der Waals surface area contributed by atoms with Gasteiger partial charge in [-0.1, -0.05) is 12.1 Å². The van der Waals surface area contributed by atoms with Crippen LogP contribution >= 0.6 is 0 Å². The van der Waals surface area contributed by atoms with Crippen molar-refractivity contribution in [2.75, 3.05) is 6.61 Å². The molecule has 72 valence electrons. The largest absolute Gasteiger partial charge is 0.377 e. The molecule has 0 unspecified atom stereocenters. The molecule has 0 aliphatic carbocycles. The second-order valence-electron chi connectivity index (χ2n) is 3.49. The van der Waals surface area contributed by atoms with E-state index in [2.05, 4.69) is 32.9 Å². The van der Waals surface area contributed by atoms with E-state index in [4.69, 9.17) is 4.74 Å². The van der Waals surface area contributed by atoms with Gasteiger partial charge in [0, 0.05) is 6.61 Å². The highest BCUT2D eigenvalue weighted by Crippen LogP contribution is 2.15. The van der Waals surface area contributed by atoms with Gasteiger partial charge < -0.3 is 4.74 Å². The molecule has 1 nitrogen and oxygen atoms in total. The van der Waals surface area contributed by atoms with E-state index in [1.807, 2.05) is 6.92 Å². The highest BCUT2D eigenvalue weighted by molar-refractivity contribution is 5.36. The van der Waals surface area contributed by atoms with Crippen LogP contribution in [-0.2, 0) is 11.3 Å². The van der Waals surface area contributed by atoms with E-state index in [-0.39, 0.29) is 0 Å². The molecule has 0 saturated carbocycles. The van der Waals surface area contributed by atoms with Gasteiger partial charge in [0.2, 0.25) is 0 Å². The van der Waals surface area contributed by atoms with Gasteiger partial charge in [0.05, 0.1) is 6.61 Å². The number of rotatable bonds is 3. The third-order valence-electron chi connectivity index (χ3n) is 2.46. The zero-order valence-electron chi connectivity index (χ0n) is 8.98. The summed E-state index contributed by atoms with van der Waals surface area (Å²) in [7, 11) is 0. The van der Waals surface area contributed by atoms with Crippen LogP contribution in [0.15, 0.2) is 12.1 Å². The fourth-order valence-electron chi connectivity index (χ4n) is 1.43. The maximum absolute atomic E-state index is 5.37. The van der Waals surface area contributed by atoms with Crippen LogP contribution in [0.4, 0.5) is 0 Å². The molecule has 0 fully saturated rings. The summed E-state index contributed by atoms with van der Waals surface area (Å²) in [6, 6.07) is 4.41. The Morgan fingerprint density at radius 3 is 2.08 bits per heavy atom. The minimum Gasteiger partial charge on any atom is -0.377 e. The van der Waals surface area contributed by atoms with Crippen molar-refractivity contribution in [3.05, 3.63) is 34.4 Å². The van der Waals surface area contributed by atoms with Crippen LogP contribution in [0, 0.1) is 20.8 Å². The molecule has 1 aromatic carbocycles. The molecule has 0 aliphatic heterocycles. The fraction of sp³-hybridized carbons (Fsp3) is 0.500. The van der Waals surface area contributed by atoms with Gasteiger partial charge in [-0.05, 0) is 49.9 Å². The monoisotopic (exact) mass is 178 g/mol. The van der Waals surface area contributed by atoms with E-state index in [1.54, 1.807) is 0 Å². The van der Waals surface area contributed by atoms with Crippen LogP contribution in [0.5, 0.6) is 0 Å². The molecular formula is C12H18O. The number of ether oxygens (including phenoxy) is 1. The van der Waals surface area contributed by atoms with E-state index >= 15 is 0 Å². The van der Waals surface area contributed by atoms with Crippen molar-refractivity contribution in [1.29, 1.82) is 0 Å². The molecule has 0 spiro atoms. The van der Waals surface area contributed by atoms with Crippen LogP contribution < -0.4 is 0 Å². The van der Waals surface area contributed by atoms with Crippen LogP contribution in [0.25, 0.3) is 0 Å². The summed E-state index contributed by atoms with van der Waals surface area (Å²) in [5.41, 5.74) is 5.38. The molecular weight excluding hydrogens is 160 g/mol. The van der Waals surface area contributed by atoms with Crippen molar-refractivity contribution in [3.63, 3.8) is 0 Å². The Morgan fingerprint density at radius 1 is 1.08 bits per heavy atom. The van der Waals surface area contributed by atoms with E-state index in [0.29, 0.717) is 0 Å². The first-order valence-corrected chi connectivity index (χ1v) is 4.79. The Labute approximate surface area is 80.7 Å². The molecule has 0 bridgehead atoms. The van der Waals surface area contributed by atoms with Crippen molar-refractivity contribution >= 4 is 0 Å². The van der Waals surface area contributed by atoms with E-state index in [0.717, 1.165) is 13.2 Å². The maximum Gasteiger partial charge on any atom is 0.0716 e. The third-order valence-corrected chi connectivity index (χ3v) is 2.46. The van der Waals surface area contributed by atoms with E-state index in [9.17, 15) is 0 Å². The average molecular weight is 178 g/mol. The molecule has 1 aromatic rings. The van der Waals surface area contributed by atoms with Gasteiger partial charge in [0.25, 0.3) is 0 Å². The first-order chi connectivity index (χ1) is 6.15. The SMILES string of the molecule is CCOCc1cc(C)c(C)c(C)c1. The predicted octanol–water partition coefficient (Wildman–Crippen LogP) is 3.15. The quantitative estimate of drug-likeness (QED) is 0.691. The summed E-state index contributed by atoms with van der Waals surface area (Å²) in [6.07, 6.45) is 0. The lowest BCUT2D eigenvalue weighted by Crippen LogP contribution is -1.95. The van der Waals surface area contributed by atoms with Crippen molar-refractivity contribution < 1.29 is 4.74 Å². The van der Waals surface area contributed by atoms with Crippen LogP contribution in [0.2, 0.25) is 0 Å². The van der Waals surface area contributed by atoms with Crippen molar-refractivity contribution in [2.24, 2.45) is 0 Å². The molecule has 1 heteroatoms. The molecule has 1 rings (SSSR count). The van der Waals surface area contributed by atoms with Gasteiger partial charge in [0.15, 0.2) is 0 Å². The number of hydrogen-bond acceptors (Lipinski definition) is 1. The molecule has 0 atom stereocenters. The molecule has 0 heterocycles. The van der Waals surface area contributed by atoms with Gasteiger partial charge in [-0.2, -0.15) is 0 Å². The predicted molar refractivity (Wildman–Crippen MR) is 56.0 cm³/mol. The normalized spacial score (nSPS) is 10.5. The Balaban J connectivity index is 2.86. The summed E-state index contributed by atoms with van der Waals surface area (Å²) in [5.74, 6) is 0. The minimum atomic E-state index is 0.735. The lowest BCUT2D eigenvalue weighted by atomic mass is 10.0. The van der Waals surface area contributed by atoms with Gasteiger partial charge in [-0.25, -0.2) is 0 Å². The van der Waals surface area contributed by atoms with Gasteiger partial charge in [0.1, 0.15) is 0 Å². The van der Waals surface area contributed by atoms with Crippen LogP contribution in [0.1, 0.15) is 29.2 Å². The summed E-state index contributed by atoms with van der Waals surface area (Å²) in [6.45, 7) is 10.0. The Kier molecular flexibility index (Phi) is 3.49. The average Bonchev–Trinajstić information content (AvgIpc) is 2.10. The second-order valence-corrected chi connectivity index (χ2v) is 3.49. The zero-order chi connectivity index (χ0) is 9.84. The fourth-order valence-corrected chi connectivity index (χ4v) is 1.43.